The van der Waals surface area contributed by atoms with Crippen LogP contribution in [0.1, 0.15) is 19.8 Å². The van der Waals surface area contributed by atoms with Gasteiger partial charge in [-0.05, 0) is 37.0 Å². The maximum atomic E-state index is 12.0. The summed E-state index contributed by atoms with van der Waals surface area (Å²) in [6.07, 6.45) is 4.66. The van der Waals surface area contributed by atoms with Crippen molar-refractivity contribution in [2.24, 2.45) is 5.92 Å². The molecule has 0 aromatic heterocycles. The smallest absolute Gasteiger partial charge is 0.177 e. The highest BCUT2D eigenvalue weighted by atomic mass is 32.2. The number of nitrogens with one attached hydrogen (secondary N) is 1. The first-order valence-corrected chi connectivity index (χ1v) is 9.60. The average molecular weight is 344 g/mol. The zero-order chi connectivity index (χ0) is 17.7. The molecule has 7 heteroatoms. The topological polar surface area (TPSA) is 97.0 Å². The van der Waals surface area contributed by atoms with Crippen molar-refractivity contribution in [3.05, 3.63) is 30.0 Å². The van der Waals surface area contributed by atoms with Gasteiger partial charge in [-0.3, -0.25) is 0 Å². The van der Waals surface area contributed by atoms with Gasteiger partial charge in [0.2, 0.25) is 0 Å². The SMILES string of the molecule is CC1CCCN(c2ccc(S(C)(=O)=O)c(NC=C(C#N)C#N)c2)C1. The molecule has 24 heavy (non-hydrogen) atoms. The van der Waals surface area contributed by atoms with Crippen LogP contribution in [0, 0.1) is 28.6 Å². The summed E-state index contributed by atoms with van der Waals surface area (Å²) >= 11 is 0. The van der Waals surface area contributed by atoms with Gasteiger partial charge in [0.15, 0.2) is 9.84 Å². The molecule has 126 valence electrons. The molecule has 1 fully saturated rings. The normalized spacial score (nSPS) is 17.5. The van der Waals surface area contributed by atoms with Crippen molar-refractivity contribution in [1.29, 1.82) is 10.5 Å². The summed E-state index contributed by atoms with van der Waals surface area (Å²) in [4.78, 5) is 2.37. The van der Waals surface area contributed by atoms with Crippen molar-refractivity contribution < 1.29 is 8.42 Å². The first kappa shape index (κ1) is 17.8. The van der Waals surface area contributed by atoms with Crippen molar-refractivity contribution in [3.63, 3.8) is 0 Å². The number of piperidine rings is 1. The standard InChI is InChI=1S/C17H20N4O2S/c1-13-4-3-7-21(12-13)15-5-6-17(24(2,22)23)16(8-15)20-11-14(9-18)10-19/h5-6,8,11,13,20H,3-4,7,12H2,1-2H3. The molecule has 1 unspecified atom stereocenters. The fourth-order valence-corrected chi connectivity index (χ4v) is 3.65. The van der Waals surface area contributed by atoms with Crippen molar-refractivity contribution in [3.8, 4) is 12.1 Å². The van der Waals surface area contributed by atoms with E-state index >= 15 is 0 Å². The van der Waals surface area contributed by atoms with Gasteiger partial charge in [0.1, 0.15) is 17.7 Å². The predicted molar refractivity (Wildman–Crippen MR) is 93.1 cm³/mol. The van der Waals surface area contributed by atoms with Crippen LogP contribution in [0.2, 0.25) is 0 Å². The average Bonchev–Trinajstić information content (AvgIpc) is 2.54. The van der Waals surface area contributed by atoms with Gasteiger partial charge in [0.05, 0.1) is 10.6 Å². The quantitative estimate of drug-likeness (QED) is 0.843. The molecule has 0 saturated carbocycles. The van der Waals surface area contributed by atoms with Gasteiger partial charge in [0.25, 0.3) is 0 Å². The third kappa shape index (κ3) is 4.27. The predicted octanol–water partition coefficient (Wildman–Crippen LogP) is 2.67. The van der Waals surface area contributed by atoms with Gasteiger partial charge in [-0.25, -0.2) is 8.42 Å². The van der Waals surface area contributed by atoms with Crippen molar-refractivity contribution in [2.75, 3.05) is 29.6 Å². The third-order valence-electron chi connectivity index (χ3n) is 4.00. The molecule has 1 aliphatic heterocycles. The lowest BCUT2D eigenvalue weighted by Gasteiger charge is -2.33. The minimum Gasteiger partial charge on any atom is -0.371 e. The van der Waals surface area contributed by atoms with Crippen LogP contribution in [-0.2, 0) is 9.84 Å². The lowest BCUT2D eigenvalue weighted by Crippen LogP contribution is -2.34. The second-order valence-electron chi connectivity index (χ2n) is 6.07. The molecule has 1 saturated heterocycles. The first-order chi connectivity index (χ1) is 11.3. The van der Waals surface area contributed by atoms with Crippen molar-refractivity contribution >= 4 is 21.2 Å². The van der Waals surface area contributed by atoms with E-state index in [0.717, 1.165) is 31.5 Å². The highest BCUT2D eigenvalue weighted by Gasteiger charge is 2.19. The van der Waals surface area contributed by atoms with Crippen LogP contribution < -0.4 is 10.2 Å². The summed E-state index contributed by atoms with van der Waals surface area (Å²) in [5.41, 5.74) is 1.18. The Morgan fingerprint density at radius 1 is 1.38 bits per heavy atom. The van der Waals surface area contributed by atoms with E-state index in [0.29, 0.717) is 11.6 Å². The Morgan fingerprint density at radius 2 is 2.08 bits per heavy atom. The number of benzene rings is 1. The molecule has 0 bridgehead atoms. The minimum atomic E-state index is -3.43. The Labute approximate surface area is 142 Å². The Balaban J connectivity index is 2.41. The van der Waals surface area contributed by atoms with Crippen LogP contribution in [-0.4, -0.2) is 27.8 Å². The van der Waals surface area contributed by atoms with E-state index in [1.54, 1.807) is 30.3 Å². The molecule has 0 aliphatic carbocycles. The number of anilines is 2. The second kappa shape index (κ2) is 7.37. The molecule has 1 N–H and O–H groups in total. The number of sulfone groups is 1. The maximum absolute atomic E-state index is 12.0. The van der Waals surface area contributed by atoms with Gasteiger partial charge in [-0.15, -0.1) is 0 Å². The summed E-state index contributed by atoms with van der Waals surface area (Å²) in [5.74, 6) is 0.591. The number of hydrogen-bond donors (Lipinski definition) is 1. The van der Waals surface area contributed by atoms with Crippen molar-refractivity contribution in [2.45, 2.75) is 24.7 Å². The van der Waals surface area contributed by atoms with Gasteiger partial charge < -0.3 is 10.2 Å². The van der Waals surface area contributed by atoms with Crippen LogP contribution in [0.5, 0.6) is 0 Å². The van der Waals surface area contributed by atoms with Crippen molar-refractivity contribution in [1.82, 2.24) is 0 Å². The Hall–Kier alpha value is -2.51. The second-order valence-corrected chi connectivity index (χ2v) is 8.06. The summed E-state index contributed by atoms with van der Waals surface area (Å²) in [7, 11) is -3.43. The fraction of sp³-hybridized carbons (Fsp3) is 0.412. The number of nitrogens with zero attached hydrogens (tertiary/aromatic N) is 3. The molecular weight excluding hydrogens is 324 g/mol. The van der Waals surface area contributed by atoms with Crippen LogP contribution in [0.15, 0.2) is 34.9 Å². The zero-order valence-electron chi connectivity index (χ0n) is 13.8. The zero-order valence-corrected chi connectivity index (χ0v) is 14.6. The van der Waals surface area contributed by atoms with E-state index in [-0.39, 0.29) is 10.5 Å². The molecular formula is C17H20N4O2S. The van der Waals surface area contributed by atoms with Gasteiger partial charge in [-0.2, -0.15) is 10.5 Å². The summed E-state index contributed by atoms with van der Waals surface area (Å²) in [6.45, 7) is 4.06. The Kier molecular flexibility index (Phi) is 5.48. The molecule has 1 heterocycles. The van der Waals surface area contributed by atoms with Crippen LogP contribution in [0.25, 0.3) is 0 Å². The Bertz CT molecular complexity index is 815. The maximum Gasteiger partial charge on any atom is 0.177 e. The minimum absolute atomic E-state index is 0.119. The number of hydrogen-bond acceptors (Lipinski definition) is 6. The van der Waals surface area contributed by atoms with E-state index in [1.807, 2.05) is 0 Å². The van der Waals surface area contributed by atoms with Gasteiger partial charge in [-0.1, -0.05) is 6.92 Å². The number of allylic oxidation sites excluding steroid dienone is 1. The molecule has 1 aromatic rings. The van der Waals surface area contributed by atoms with Crippen LogP contribution in [0.4, 0.5) is 11.4 Å². The van der Waals surface area contributed by atoms with Gasteiger partial charge >= 0.3 is 0 Å². The molecule has 0 radical (unpaired) electrons. The van der Waals surface area contributed by atoms with E-state index in [9.17, 15) is 8.42 Å². The third-order valence-corrected chi connectivity index (χ3v) is 5.15. The molecule has 0 amide bonds. The number of nitriles is 2. The summed E-state index contributed by atoms with van der Waals surface area (Å²) < 4.78 is 23.9. The Morgan fingerprint density at radius 3 is 2.67 bits per heavy atom. The highest BCUT2D eigenvalue weighted by Crippen LogP contribution is 2.30. The largest absolute Gasteiger partial charge is 0.371 e. The fourth-order valence-electron chi connectivity index (χ4n) is 2.81. The molecule has 0 spiro atoms. The first-order valence-electron chi connectivity index (χ1n) is 7.71. The molecule has 1 aromatic carbocycles. The lowest BCUT2D eigenvalue weighted by molar-refractivity contribution is 0.447. The van der Waals surface area contributed by atoms with E-state index in [4.69, 9.17) is 10.5 Å². The van der Waals surface area contributed by atoms with E-state index < -0.39 is 9.84 Å². The molecule has 6 nitrogen and oxygen atoms in total. The molecule has 2 rings (SSSR count). The molecule has 1 aliphatic rings. The summed E-state index contributed by atoms with van der Waals surface area (Å²) in [5, 5.41) is 20.4. The monoisotopic (exact) mass is 344 g/mol. The van der Waals surface area contributed by atoms with Gasteiger partial charge in [0, 0.05) is 31.2 Å². The lowest BCUT2D eigenvalue weighted by atomic mass is 10.00. The highest BCUT2D eigenvalue weighted by molar-refractivity contribution is 7.90. The van der Waals surface area contributed by atoms with Crippen LogP contribution in [0.3, 0.4) is 0 Å². The van der Waals surface area contributed by atoms with E-state index in [2.05, 4.69) is 17.1 Å². The molecule has 1 atom stereocenters. The number of rotatable bonds is 4. The summed E-state index contributed by atoms with van der Waals surface area (Å²) in [6, 6.07) is 8.62. The van der Waals surface area contributed by atoms with Crippen LogP contribution >= 0.6 is 0 Å². The van der Waals surface area contributed by atoms with E-state index in [1.165, 1.54) is 12.6 Å².